The van der Waals surface area contributed by atoms with Crippen LogP contribution in [0.15, 0.2) is 12.7 Å². The molecule has 3 rings (SSSR count). The number of carbonyl (C=O) groups is 3. The summed E-state index contributed by atoms with van der Waals surface area (Å²) in [5.74, 6) is -1.84. The summed E-state index contributed by atoms with van der Waals surface area (Å²) in [5.41, 5.74) is 0.906. The molecule has 0 unspecified atom stereocenters. The van der Waals surface area contributed by atoms with Gasteiger partial charge in [0.05, 0.1) is 19.3 Å². The quantitative estimate of drug-likeness (QED) is 0.438. The van der Waals surface area contributed by atoms with Gasteiger partial charge >= 0.3 is 17.9 Å². The molecule has 0 bridgehead atoms. The maximum atomic E-state index is 11.7. The summed E-state index contributed by atoms with van der Waals surface area (Å²) in [5, 5.41) is 0. The van der Waals surface area contributed by atoms with E-state index in [2.05, 4.69) is 15.0 Å². The first-order valence-corrected chi connectivity index (χ1v) is 8.72. The number of carbonyl (C=O) groups excluding carboxylic acids is 3. The van der Waals surface area contributed by atoms with Crippen LogP contribution in [0.1, 0.15) is 27.0 Å². The molecule has 0 saturated carbocycles. The van der Waals surface area contributed by atoms with E-state index in [4.69, 9.17) is 31.2 Å². The fourth-order valence-corrected chi connectivity index (χ4v) is 3.23. The first-order chi connectivity index (χ1) is 13.3. The van der Waals surface area contributed by atoms with Crippen molar-refractivity contribution in [2.75, 3.05) is 6.61 Å². The molecule has 1 aliphatic heterocycles. The number of hydrogen-bond acceptors (Lipinski definition) is 10. The lowest BCUT2D eigenvalue weighted by Crippen LogP contribution is -2.55. The van der Waals surface area contributed by atoms with E-state index in [0.29, 0.717) is 11.2 Å². The van der Waals surface area contributed by atoms with Gasteiger partial charge < -0.3 is 23.9 Å². The van der Waals surface area contributed by atoms with E-state index < -0.39 is 42.4 Å². The molecule has 1 aliphatic rings. The van der Waals surface area contributed by atoms with Gasteiger partial charge in [-0.15, -0.1) is 0 Å². The third-order valence-electron chi connectivity index (χ3n) is 3.98. The average Bonchev–Trinajstić information content (AvgIpc) is 3.02. The summed E-state index contributed by atoms with van der Waals surface area (Å²) < 4.78 is 23.6. The van der Waals surface area contributed by atoms with Crippen molar-refractivity contribution >= 4 is 41.3 Å². The number of ether oxygens (including phenoxy) is 4. The van der Waals surface area contributed by atoms with Crippen LogP contribution in [0.3, 0.4) is 0 Å². The van der Waals surface area contributed by atoms with E-state index in [9.17, 15) is 14.4 Å². The van der Waals surface area contributed by atoms with Gasteiger partial charge in [0.25, 0.3) is 0 Å². The van der Waals surface area contributed by atoms with Crippen LogP contribution in [0.4, 0.5) is 0 Å². The normalized spacial score (nSPS) is 24.5. The standard InChI is InChI=1S/C16H18N4O7S/c1-7(21)25-10-4-24-16(13(27-9(3)23)12(10)26-8(2)22)20-6-19-11-14(20)17-5-18-15(11)28/h5-6,10,12-13,16H,4H2,1-3H3,(H,17,18,28)/t10-,12-,13+,16-/m1/s1. The van der Waals surface area contributed by atoms with Crippen LogP contribution in [0.2, 0.25) is 0 Å². The van der Waals surface area contributed by atoms with Gasteiger partial charge in [0.1, 0.15) is 11.2 Å². The Labute approximate surface area is 163 Å². The minimum atomic E-state index is -1.10. The summed E-state index contributed by atoms with van der Waals surface area (Å²) in [6.07, 6.45) is -1.21. The summed E-state index contributed by atoms with van der Waals surface area (Å²) in [6, 6.07) is 0. The highest BCUT2D eigenvalue weighted by atomic mass is 32.1. The zero-order valence-corrected chi connectivity index (χ0v) is 16.1. The van der Waals surface area contributed by atoms with Crippen molar-refractivity contribution in [3.63, 3.8) is 0 Å². The first kappa shape index (κ1) is 19.9. The lowest BCUT2D eigenvalue weighted by atomic mass is 10.0. The van der Waals surface area contributed by atoms with E-state index in [1.807, 2.05) is 0 Å². The molecule has 0 aliphatic carbocycles. The van der Waals surface area contributed by atoms with E-state index in [-0.39, 0.29) is 11.2 Å². The molecule has 28 heavy (non-hydrogen) atoms. The number of nitrogens with zero attached hydrogens (tertiary/aromatic N) is 3. The van der Waals surface area contributed by atoms with E-state index in [0.717, 1.165) is 0 Å². The summed E-state index contributed by atoms with van der Waals surface area (Å²) in [7, 11) is 0. The molecule has 2 aromatic rings. The number of fused-ring (bicyclic) bond motifs is 1. The van der Waals surface area contributed by atoms with Crippen molar-refractivity contribution in [1.82, 2.24) is 19.5 Å². The summed E-state index contributed by atoms with van der Waals surface area (Å²) in [6.45, 7) is 3.54. The highest BCUT2D eigenvalue weighted by molar-refractivity contribution is 7.71. The van der Waals surface area contributed by atoms with Crippen LogP contribution < -0.4 is 0 Å². The Kier molecular flexibility index (Phi) is 5.70. The summed E-state index contributed by atoms with van der Waals surface area (Å²) in [4.78, 5) is 45.9. The van der Waals surface area contributed by atoms with Crippen LogP contribution in [0, 0.1) is 4.64 Å². The number of nitrogens with one attached hydrogen (secondary N) is 1. The van der Waals surface area contributed by atoms with Gasteiger partial charge in [0.15, 0.2) is 29.2 Å². The van der Waals surface area contributed by atoms with Crippen LogP contribution in [0.5, 0.6) is 0 Å². The number of aromatic amines is 1. The van der Waals surface area contributed by atoms with Crippen molar-refractivity contribution in [2.24, 2.45) is 0 Å². The second-order valence-corrected chi connectivity index (χ2v) is 6.46. The Balaban J connectivity index is 2.05. The number of rotatable bonds is 4. The Bertz CT molecular complexity index is 971. The minimum absolute atomic E-state index is 0.0918. The van der Waals surface area contributed by atoms with Crippen molar-refractivity contribution in [3.05, 3.63) is 17.3 Å². The minimum Gasteiger partial charge on any atom is -0.456 e. The topological polar surface area (TPSA) is 135 Å². The third kappa shape index (κ3) is 4.02. The maximum absolute atomic E-state index is 11.7. The average molecular weight is 410 g/mol. The second kappa shape index (κ2) is 8.02. The number of esters is 3. The van der Waals surface area contributed by atoms with Gasteiger partial charge in [0.2, 0.25) is 0 Å². The lowest BCUT2D eigenvalue weighted by molar-refractivity contribution is -0.239. The highest BCUT2D eigenvalue weighted by Gasteiger charge is 2.48. The monoisotopic (exact) mass is 410 g/mol. The highest BCUT2D eigenvalue weighted by Crippen LogP contribution is 2.32. The molecule has 1 fully saturated rings. The largest absolute Gasteiger partial charge is 0.456 e. The summed E-state index contributed by atoms with van der Waals surface area (Å²) >= 11 is 5.15. The van der Waals surface area contributed by atoms with E-state index in [1.54, 1.807) is 4.57 Å². The van der Waals surface area contributed by atoms with Crippen LogP contribution >= 0.6 is 12.2 Å². The van der Waals surface area contributed by atoms with Crippen LogP contribution in [-0.4, -0.2) is 62.3 Å². The van der Waals surface area contributed by atoms with Crippen molar-refractivity contribution in [1.29, 1.82) is 0 Å². The van der Waals surface area contributed by atoms with Gasteiger partial charge in [-0.1, -0.05) is 12.2 Å². The lowest BCUT2D eigenvalue weighted by Gasteiger charge is -2.40. The Morgan fingerprint density at radius 1 is 1.11 bits per heavy atom. The zero-order valence-electron chi connectivity index (χ0n) is 15.3. The molecular formula is C16H18N4O7S. The predicted molar refractivity (Wildman–Crippen MR) is 94.4 cm³/mol. The van der Waals surface area contributed by atoms with Gasteiger partial charge in [0, 0.05) is 20.8 Å². The number of H-pyrrole nitrogens is 1. The van der Waals surface area contributed by atoms with Gasteiger partial charge in [-0.2, -0.15) is 0 Å². The SMILES string of the molecule is CC(=O)O[C@H]1[C@H](OC(C)=O)[C@H](OC(C)=O)CO[C@H]1n1cnc2c(=S)nc[nH]c21. The van der Waals surface area contributed by atoms with Gasteiger partial charge in [-0.25, -0.2) is 9.97 Å². The van der Waals surface area contributed by atoms with Crippen molar-refractivity contribution < 1.29 is 33.3 Å². The third-order valence-corrected chi connectivity index (χ3v) is 4.28. The van der Waals surface area contributed by atoms with E-state index >= 15 is 0 Å². The van der Waals surface area contributed by atoms with E-state index in [1.165, 1.54) is 33.4 Å². The second-order valence-electron chi connectivity index (χ2n) is 6.08. The molecule has 11 nitrogen and oxygen atoms in total. The molecule has 0 spiro atoms. The Morgan fingerprint density at radius 3 is 2.39 bits per heavy atom. The molecule has 150 valence electrons. The fraction of sp³-hybridized carbons (Fsp3) is 0.500. The molecule has 1 N–H and O–H groups in total. The van der Waals surface area contributed by atoms with Crippen molar-refractivity contribution in [3.8, 4) is 0 Å². The number of aromatic nitrogens is 4. The maximum Gasteiger partial charge on any atom is 0.303 e. The smallest absolute Gasteiger partial charge is 0.303 e. The molecule has 0 amide bonds. The zero-order chi connectivity index (χ0) is 20.4. The van der Waals surface area contributed by atoms with Crippen LogP contribution in [0.25, 0.3) is 11.2 Å². The van der Waals surface area contributed by atoms with Crippen LogP contribution in [-0.2, 0) is 33.3 Å². The molecule has 2 aromatic heterocycles. The Morgan fingerprint density at radius 2 is 1.75 bits per heavy atom. The molecule has 4 atom stereocenters. The first-order valence-electron chi connectivity index (χ1n) is 8.31. The molecule has 3 heterocycles. The Hall–Kier alpha value is -2.86. The van der Waals surface area contributed by atoms with Crippen molar-refractivity contribution in [2.45, 2.75) is 45.3 Å². The van der Waals surface area contributed by atoms with Gasteiger partial charge in [-0.05, 0) is 0 Å². The predicted octanol–water partition coefficient (Wildman–Crippen LogP) is 0.813. The molecule has 0 aromatic carbocycles. The molecule has 1 saturated heterocycles. The molecular weight excluding hydrogens is 392 g/mol. The number of imidazole rings is 1. The molecule has 12 heteroatoms. The van der Waals surface area contributed by atoms with Gasteiger partial charge in [-0.3, -0.25) is 19.0 Å². The molecule has 0 radical (unpaired) electrons. The number of hydrogen-bond donors (Lipinski definition) is 1. The fourth-order valence-electron chi connectivity index (χ4n) is 3.03.